The Hall–Kier alpha value is -1.51. The fourth-order valence-electron chi connectivity index (χ4n) is 2.42. The Balaban J connectivity index is 0.00000625. The topological polar surface area (TPSA) is 74.8 Å². The molecule has 0 radical (unpaired) electrons. The van der Waals surface area contributed by atoms with Gasteiger partial charge in [-0.1, -0.05) is 19.1 Å². The van der Waals surface area contributed by atoms with E-state index in [1.54, 1.807) is 14.2 Å². The highest BCUT2D eigenvalue weighted by molar-refractivity contribution is 14.0. The minimum atomic E-state index is 0. The van der Waals surface area contributed by atoms with E-state index in [0.29, 0.717) is 18.9 Å². The molecule has 1 aromatic rings. The molecule has 1 aromatic carbocycles. The molecule has 0 saturated carbocycles. The number of benzene rings is 1. The number of aliphatic imine (C=N–C) groups is 1. The first-order valence-corrected chi connectivity index (χ1v) is 8.84. The van der Waals surface area contributed by atoms with Crippen LogP contribution in [0.2, 0.25) is 0 Å². The van der Waals surface area contributed by atoms with Crippen molar-refractivity contribution in [2.75, 3.05) is 27.2 Å². The molecule has 0 aliphatic heterocycles. The Morgan fingerprint density at radius 1 is 1.12 bits per heavy atom. The minimum absolute atomic E-state index is 0. The van der Waals surface area contributed by atoms with Crippen LogP contribution in [-0.2, 0) is 4.79 Å². The lowest BCUT2D eigenvalue weighted by atomic mass is 9.98. The van der Waals surface area contributed by atoms with Crippen LogP contribution in [-0.4, -0.2) is 45.2 Å². The number of nitrogens with one attached hydrogen (secondary N) is 3. The maximum atomic E-state index is 11.6. The number of halogens is 1. The average molecular weight is 476 g/mol. The zero-order valence-electron chi connectivity index (χ0n) is 16.5. The highest BCUT2D eigenvalue weighted by Crippen LogP contribution is 2.21. The van der Waals surface area contributed by atoms with Gasteiger partial charge in [-0.05, 0) is 43.9 Å². The van der Waals surface area contributed by atoms with Gasteiger partial charge in [0.15, 0.2) is 5.96 Å². The second-order valence-corrected chi connectivity index (χ2v) is 6.36. The molecule has 0 aromatic heterocycles. The summed E-state index contributed by atoms with van der Waals surface area (Å²) in [6.45, 7) is 7.48. The SMILES string of the molecule is CN=C(NCCC(=O)NC(C)C)NCCC(C)c1ccc(OC)cc1.I. The van der Waals surface area contributed by atoms with Gasteiger partial charge in [0.1, 0.15) is 5.75 Å². The molecule has 0 fully saturated rings. The molecule has 1 rings (SSSR count). The highest BCUT2D eigenvalue weighted by Gasteiger charge is 2.07. The third-order valence-corrected chi connectivity index (χ3v) is 3.87. The van der Waals surface area contributed by atoms with Gasteiger partial charge in [0.25, 0.3) is 0 Å². The van der Waals surface area contributed by atoms with E-state index in [1.807, 2.05) is 26.0 Å². The van der Waals surface area contributed by atoms with Crippen LogP contribution in [0.4, 0.5) is 0 Å². The molecule has 26 heavy (non-hydrogen) atoms. The fourth-order valence-corrected chi connectivity index (χ4v) is 2.42. The van der Waals surface area contributed by atoms with Gasteiger partial charge in [-0.2, -0.15) is 0 Å². The average Bonchev–Trinajstić information content (AvgIpc) is 2.59. The van der Waals surface area contributed by atoms with E-state index in [4.69, 9.17) is 4.74 Å². The maximum Gasteiger partial charge on any atom is 0.221 e. The fraction of sp³-hybridized carbons (Fsp3) is 0.579. The largest absolute Gasteiger partial charge is 0.497 e. The van der Waals surface area contributed by atoms with Crippen LogP contribution >= 0.6 is 24.0 Å². The number of rotatable bonds is 9. The molecule has 0 aliphatic carbocycles. The first-order valence-electron chi connectivity index (χ1n) is 8.84. The number of nitrogens with zero attached hydrogens (tertiary/aromatic N) is 1. The first kappa shape index (κ1) is 24.5. The predicted molar refractivity (Wildman–Crippen MR) is 119 cm³/mol. The molecular weight excluding hydrogens is 443 g/mol. The third kappa shape index (κ3) is 9.84. The van der Waals surface area contributed by atoms with E-state index in [2.05, 4.69) is 40.0 Å². The van der Waals surface area contributed by atoms with Crippen molar-refractivity contribution < 1.29 is 9.53 Å². The van der Waals surface area contributed by atoms with Crippen LogP contribution in [0, 0.1) is 0 Å². The molecule has 0 saturated heterocycles. The van der Waals surface area contributed by atoms with Crippen molar-refractivity contribution in [3.05, 3.63) is 29.8 Å². The molecule has 1 unspecified atom stereocenters. The minimum Gasteiger partial charge on any atom is -0.497 e. The molecule has 0 bridgehead atoms. The molecular formula is C19H33IN4O2. The quantitative estimate of drug-likeness (QED) is 0.291. The molecule has 148 valence electrons. The number of amides is 1. The summed E-state index contributed by atoms with van der Waals surface area (Å²) in [5.74, 6) is 2.08. The summed E-state index contributed by atoms with van der Waals surface area (Å²) in [4.78, 5) is 15.8. The first-order chi connectivity index (χ1) is 12.0. The summed E-state index contributed by atoms with van der Waals surface area (Å²) < 4.78 is 5.19. The van der Waals surface area contributed by atoms with E-state index in [9.17, 15) is 4.79 Å². The lowest BCUT2D eigenvalue weighted by Gasteiger charge is -2.15. The number of ether oxygens (including phenoxy) is 1. The van der Waals surface area contributed by atoms with Gasteiger partial charge < -0.3 is 20.7 Å². The van der Waals surface area contributed by atoms with E-state index in [1.165, 1.54) is 5.56 Å². The van der Waals surface area contributed by atoms with Crippen molar-refractivity contribution in [1.82, 2.24) is 16.0 Å². The number of carbonyl (C=O) groups excluding carboxylic acids is 1. The number of guanidine groups is 1. The number of hydrogen-bond acceptors (Lipinski definition) is 3. The van der Waals surface area contributed by atoms with Gasteiger partial charge in [0, 0.05) is 32.6 Å². The Labute approximate surface area is 174 Å². The van der Waals surface area contributed by atoms with Crippen LogP contribution < -0.4 is 20.7 Å². The molecule has 0 heterocycles. The molecule has 0 aliphatic rings. The number of carbonyl (C=O) groups is 1. The zero-order chi connectivity index (χ0) is 18.7. The van der Waals surface area contributed by atoms with Gasteiger partial charge in [-0.15, -0.1) is 24.0 Å². The van der Waals surface area contributed by atoms with Crippen LogP contribution in [0.1, 0.15) is 45.1 Å². The third-order valence-electron chi connectivity index (χ3n) is 3.87. The second kappa shape index (κ2) is 13.7. The summed E-state index contributed by atoms with van der Waals surface area (Å²) in [5.41, 5.74) is 1.29. The van der Waals surface area contributed by atoms with Crippen molar-refractivity contribution in [1.29, 1.82) is 0 Å². The van der Waals surface area contributed by atoms with Crippen LogP contribution in [0.5, 0.6) is 5.75 Å². The highest BCUT2D eigenvalue weighted by atomic mass is 127. The van der Waals surface area contributed by atoms with E-state index in [0.717, 1.165) is 24.7 Å². The number of methoxy groups -OCH3 is 1. The second-order valence-electron chi connectivity index (χ2n) is 6.36. The monoisotopic (exact) mass is 476 g/mol. The van der Waals surface area contributed by atoms with E-state index >= 15 is 0 Å². The molecule has 0 spiro atoms. The number of hydrogen-bond donors (Lipinski definition) is 3. The predicted octanol–water partition coefficient (Wildman–Crippen LogP) is 2.89. The summed E-state index contributed by atoms with van der Waals surface area (Å²) in [6, 6.07) is 8.35. The summed E-state index contributed by atoms with van der Waals surface area (Å²) in [5, 5.41) is 9.32. The Morgan fingerprint density at radius 3 is 2.27 bits per heavy atom. The Morgan fingerprint density at radius 2 is 1.73 bits per heavy atom. The van der Waals surface area contributed by atoms with Crippen LogP contribution in [0.15, 0.2) is 29.3 Å². The normalized spacial score (nSPS) is 12.2. The van der Waals surface area contributed by atoms with Gasteiger partial charge in [-0.25, -0.2) is 0 Å². The van der Waals surface area contributed by atoms with Gasteiger partial charge in [-0.3, -0.25) is 9.79 Å². The molecule has 6 nitrogen and oxygen atoms in total. The summed E-state index contributed by atoms with van der Waals surface area (Å²) >= 11 is 0. The lowest BCUT2D eigenvalue weighted by molar-refractivity contribution is -0.121. The zero-order valence-corrected chi connectivity index (χ0v) is 18.8. The summed E-state index contributed by atoms with van der Waals surface area (Å²) in [7, 11) is 3.41. The maximum absolute atomic E-state index is 11.6. The van der Waals surface area contributed by atoms with Crippen LogP contribution in [0.25, 0.3) is 0 Å². The smallest absolute Gasteiger partial charge is 0.221 e. The van der Waals surface area contributed by atoms with Crippen LogP contribution in [0.3, 0.4) is 0 Å². The standard InChI is InChI=1S/C19H32N4O2.HI/c1-14(2)23-18(24)11-13-22-19(20-4)21-12-10-15(3)16-6-8-17(25-5)9-7-16;/h6-9,14-15H,10-13H2,1-5H3,(H,23,24)(H2,20,21,22);1H. The molecule has 1 atom stereocenters. The van der Waals surface area contributed by atoms with Gasteiger partial charge in [0.2, 0.25) is 5.91 Å². The van der Waals surface area contributed by atoms with Crippen molar-refractivity contribution in [2.24, 2.45) is 4.99 Å². The van der Waals surface area contributed by atoms with E-state index < -0.39 is 0 Å². The molecule has 7 heteroatoms. The van der Waals surface area contributed by atoms with Crippen molar-refractivity contribution in [3.63, 3.8) is 0 Å². The van der Waals surface area contributed by atoms with Crippen molar-refractivity contribution in [3.8, 4) is 5.75 Å². The lowest BCUT2D eigenvalue weighted by Crippen LogP contribution is -2.40. The van der Waals surface area contributed by atoms with Crippen molar-refractivity contribution in [2.45, 2.75) is 45.6 Å². The molecule has 3 N–H and O–H groups in total. The Bertz CT molecular complexity index is 547. The summed E-state index contributed by atoms with van der Waals surface area (Å²) in [6.07, 6.45) is 1.42. The van der Waals surface area contributed by atoms with Gasteiger partial charge in [0.05, 0.1) is 7.11 Å². The van der Waals surface area contributed by atoms with Crippen molar-refractivity contribution >= 4 is 35.8 Å². The van der Waals surface area contributed by atoms with E-state index in [-0.39, 0.29) is 35.9 Å². The molecule has 1 amide bonds. The van der Waals surface area contributed by atoms with Gasteiger partial charge >= 0.3 is 0 Å². The Kier molecular flexibility index (Phi) is 12.9.